The molecule has 1 heterocycles. The molecule has 3 nitrogen and oxygen atoms in total. The summed E-state index contributed by atoms with van der Waals surface area (Å²) in [5.41, 5.74) is -0.512. The Labute approximate surface area is 163 Å². The first kappa shape index (κ1) is 23.9. The van der Waals surface area contributed by atoms with Gasteiger partial charge in [0.05, 0.1) is 13.2 Å². The number of ether oxygens (including phenoxy) is 2. The van der Waals surface area contributed by atoms with Crippen molar-refractivity contribution in [2.45, 2.75) is 117 Å². The minimum atomic E-state index is -0.767. The first-order valence-corrected chi connectivity index (χ1v) is 11.4. The molecule has 0 saturated carbocycles. The maximum absolute atomic E-state index is 10.0. The van der Waals surface area contributed by atoms with E-state index in [2.05, 4.69) is 27.7 Å². The second-order valence-electron chi connectivity index (χ2n) is 8.85. The Kier molecular flexibility index (Phi) is 12.1. The molecule has 1 rings (SSSR count). The largest absolute Gasteiger partial charge is 0.370 e. The van der Waals surface area contributed by atoms with Crippen LogP contribution in [0.2, 0.25) is 0 Å². The van der Waals surface area contributed by atoms with Crippen LogP contribution in [0.3, 0.4) is 0 Å². The molecule has 3 heteroatoms. The Hall–Kier alpha value is -0.120. The highest BCUT2D eigenvalue weighted by Gasteiger charge is 2.40. The lowest BCUT2D eigenvalue weighted by Crippen LogP contribution is -2.39. The number of hydrogen-bond donors (Lipinski definition) is 1. The number of hydrogen-bond acceptors (Lipinski definition) is 3. The van der Waals surface area contributed by atoms with Gasteiger partial charge in [0.1, 0.15) is 5.60 Å². The molecule has 0 amide bonds. The van der Waals surface area contributed by atoms with Gasteiger partial charge in [0.15, 0.2) is 6.29 Å². The van der Waals surface area contributed by atoms with Crippen LogP contribution in [-0.4, -0.2) is 30.2 Å². The Morgan fingerprint density at radius 3 is 2.27 bits per heavy atom. The Morgan fingerprint density at radius 1 is 1.00 bits per heavy atom. The first-order valence-electron chi connectivity index (χ1n) is 11.4. The van der Waals surface area contributed by atoms with Crippen molar-refractivity contribution in [3.8, 4) is 0 Å². The number of aliphatic hydroxyl groups excluding tert-OH is 1. The predicted octanol–water partition coefficient (Wildman–Crippen LogP) is 6.33. The molecule has 1 aliphatic rings. The second-order valence-corrected chi connectivity index (χ2v) is 8.85. The van der Waals surface area contributed by atoms with E-state index in [0.717, 1.165) is 24.9 Å². The summed E-state index contributed by atoms with van der Waals surface area (Å²) in [6.45, 7) is 12.7. The highest BCUT2D eigenvalue weighted by atomic mass is 16.6. The molecule has 0 aliphatic carbocycles. The summed E-state index contributed by atoms with van der Waals surface area (Å²) in [5, 5.41) is 10.0. The third-order valence-corrected chi connectivity index (χ3v) is 6.43. The van der Waals surface area contributed by atoms with Gasteiger partial charge in [0, 0.05) is 6.42 Å². The molecule has 1 fully saturated rings. The molecule has 1 N–H and O–H groups in total. The van der Waals surface area contributed by atoms with Crippen molar-refractivity contribution in [3.63, 3.8) is 0 Å². The minimum absolute atomic E-state index is 0.512. The molecule has 0 spiro atoms. The van der Waals surface area contributed by atoms with Gasteiger partial charge >= 0.3 is 0 Å². The van der Waals surface area contributed by atoms with Crippen molar-refractivity contribution in [2.75, 3.05) is 13.2 Å². The van der Waals surface area contributed by atoms with Gasteiger partial charge < -0.3 is 14.6 Å². The van der Waals surface area contributed by atoms with E-state index in [1.165, 1.54) is 64.2 Å². The minimum Gasteiger partial charge on any atom is -0.370 e. The normalized spacial score (nSPS) is 26.8. The topological polar surface area (TPSA) is 38.7 Å². The molecule has 1 aliphatic heterocycles. The standard InChI is InChI=1S/C23H46O3/c1-6-9-12-20(18-26-23(5)16-17-25-22(23)24)15-14-19(4)21(11-8-3)13-10-7-2/h19-22,24H,6-18H2,1-5H3. The van der Waals surface area contributed by atoms with Crippen LogP contribution in [0.4, 0.5) is 0 Å². The summed E-state index contributed by atoms with van der Waals surface area (Å²) in [5.74, 6) is 2.30. The lowest BCUT2D eigenvalue weighted by Gasteiger charge is -2.30. The van der Waals surface area contributed by atoms with E-state index in [4.69, 9.17) is 9.47 Å². The molecule has 0 aromatic heterocycles. The van der Waals surface area contributed by atoms with E-state index in [0.29, 0.717) is 12.5 Å². The van der Waals surface area contributed by atoms with Crippen LogP contribution in [0.15, 0.2) is 0 Å². The molecular formula is C23H46O3. The number of unbranched alkanes of at least 4 members (excludes halogenated alkanes) is 2. The maximum Gasteiger partial charge on any atom is 0.183 e. The van der Waals surface area contributed by atoms with Gasteiger partial charge in [-0.1, -0.05) is 79.1 Å². The summed E-state index contributed by atoms with van der Waals surface area (Å²) < 4.78 is 11.5. The van der Waals surface area contributed by atoms with Crippen LogP contribution in [0, 0.1) is 17.8 Å². The highest BCUT2D eigenvalue weighted by molar-refractivity contribution is 4.84. The van der Waals surface area contributed by atoms with E-state index < -0.39 is 11.9 Å². The number of aliphatic hydroxyl groups is 1. The molecule has 5 atom stereocenters. The zero-order valence-corrected chi connectivity index (χ0v) is 18.3. The Morgan fingerprint density at radius 2 is 1.69 bits per heavy atom. The third kappa shape index (κ3) is 8.27. The molecule has 5 unspecified atom stereocenters. The SMILES string of the molecule is CCCCC(CCC(C)C(CCC)CCCC)COC1(C)CCOC1O. The van der Waals surface area contributed by atoms with Gasteiger partial charge in [0.25, 0.3) is 0 Å². The monoisotopic (exact) mass is 370 g/mol. The van der Waals surface area contributed by atoms with E-state index >= 15 is 0 Å². The van der Waals surface area contributed by atoms with Crippen LogP contribution in [0.1, 0.15) is 105 Å². The molecule has 156 valence electrons. The fourth-order valence-electron chi connectivity index (χ4n) is 4.21. The van der Waals surface area contributed by atoms with Crippen LogP contribution < -0.4 is 0 Å². The fraction of sp³-hybridized carbons (Fsp3) is 1.00. The quantitative estimate of drug-likeness (QED) is 0.366. The van der Waals surface area contributed by atoms with Crippen LogP contribution in [0.5, 0.6) is 0 Å². The van der Waals surface area contributed by atoms with Crippen LogP contribution >= 0.6 is 0 Å². The molecule has 0 bridgehead atoms. The summed E-state index contributed by atoms with van der Waals surface area (Å²) >= 11 is 0. The molecular weight excluding hydrogens is 324 g/mol. The lowest BCUT2D eigenvalue weighted by atomic mass is 9.81. The maximum atomic E-state index is 10.0. The summed E-state index contributed by atoms with van der Waals surface area (Å²) in [7, 11) is 0. The average molecular weight is 371 g/mol. The number of rotatable bonds is 15. The predicted molar refractivity (Wildman–Crippen MR) is 110 cm³/mol. The molecule has 0 aromatic rings. The van der Waals surface area contributed by atoms with Crippen LogP contribution in [0.25, 0.3) is 0 Å². The summed E-state index contributed by atoms with van der Waals surface area (Å²) in [6.07, 6.45) is 13.1. The molecule has 0 aromatic carbocycles. The zero-order chi connectivity index (χ0) is 19.4. The second kappa shape index (κ2) is 13.1. The zero-order valence-electron chi connectivity index (χ0n) is 18.3. The van der Waals surface area contributed by atoms with Crippen molar-refractivity contribution < 1.29 is 14.6 Å². The Bertz CT molecular complexity index is 346. The molecule has 0 radical (unpaired) electrons. The summed E-state index contributed by atoms with van der Waals surface area (Å²) in [4.78, 5) is 0. The first-order chi connectivity index (χ1) is 12.5. The van der Waals surface area contributed by atoms with Gasteiger partial charge in [-0.05, 0) is 37.5 Å². The van der Waals surface area contributed by atoms with E-state index in [1.807, 2.05) is 6.92 Å². The van der Waals surface area contributed by atoms with Gasteiger partial charge in [-0.3, -0.25) is 0 Å². The van der Waals surface area contributed by atoms with E-state index in [9.17, 15) is 5.11 Å². The third-order valence-electron chi connectivity index (χ3n) is 6.43. The van der Waals surface area contributed by atoms with E-state index in [1.54, 1.807) is 0 Å². The smallest absolute Gasteiger partial charge is 0.183 e. The van der Waals surface area contributed by atoms with Crippen molar-refractivity contribution in [2.24, 2.45) is 17.8 Å². The van der Waals surface area contributed by atoms with Crippen molar-refractivity contribution in [3.05, 3.63) is 0 Å². The van der Waals surface area contributed by atoms with E-state index in [-0.39, 0.29) is 0 Å². The van der Waals surface area contributed by atoms with Crippen LogP contribution in [-0.2, 0) is 9.47 Å². The fourth-order valence-corrected chi connectivity index (χ4v) is 4.21. The lowest BCUT2D eigenvalue weighted by molar-refractivity contribution is -0.180. The average Bonchev–Trinajstić information content (AvgIpc) is 2.96. The molecule has 26 heavy (non-hydrogen) atoms. The van der Waals surface area contributed by atoms with Crippen molar-refractivity contribution in [1.29, 1.82) is 0 Å². The van der Waals surface area contributed by atoms with Crippen molar-refractivity contribution >= 4 is 0 Å². The van der Waals surface area contributed by atoms with Gasteiger partial charge in [-0.15, -0.1) is 0 Å². The molecule has 1 saturated heterocycles. The summed E-state index contributed by atoms with van der Waals surface area (Å²) in [6, 6.07) is 0. The van der Waals surface area contributed by atoms with Gasteiger partial charge in [0.2, 0.25) is 0 Å². The van der Waals surface area contributed by atoms with Gasteiger partial charge in [-0.25, -0.2) is 0 Å². The Balaban J connectivity index is 2.49. The highest BCUT2D eigenvalue weighted by Crippen LogP contribution is 2.32. The van der Waals surface area contributed by atoms with Gasteiger partial charge in [-0.2, -0.15) is 0 Å². The van der Waals surface area contributed by atoms with Crippen molar-refractivity contribution in [1.82, 2.24) is 0 Å².